The van der Waals surface area contributed by atoms with Crippen molar-refractivity contribution in [2.45, 2.75) is 32.3 Å². The molecule has 0 aromatic heterocycles. The highest BCUT2D eigenvalue weighted by Crippen LogP contribution is 2.26. The maximum absolute atomic E-state index is 10.5. The number of nitrogens with zero attached hydrogens (tertiary/aromatic N) is 2. The van der Waals surface area contributed by atoms with E-state index in [4.69, 9.17) is 9.84 Å². The molecule has 1 aromatic carbocycles. The fraction of sp³-hybridized carbons (Fsp3) is 0.500. The van der Waals surface area contributed by atoms with Crippen LogP contribution in [0, 0.1) is 18.3 Å². The molecule has 1 aliphatic heterocycles. The van der Waals surface area contributed by atoms with Crippen LogP contribution in [0.5, 0.6) is 0 Å². The minimum atomic E-state index is -0.828. The van der Waals surface area contributed by atoms with E-state index in [1.54, 1.807) is 0 Å². The number of hydrogen-bond acceptors (Lipinski definition) is 4. The molecule has 0 radical (unpaired) electrons. The molecule has 0 spiro atoms. The Kier molecular flexibility index (Phi) is 5.18. The summed E-state index contributed by atoms with van der Waals surface area (Å²) in [6, 6.07) is 8.10. The van der Waals surface area contributed by atoms with E-state index in [9.17, 15) is 10.1 Å². The van der Waals surface area contributed by atoms with Gasteiger partial charge >= 0.3 is 5.97 Å². The van der Waals surface area contributed by atoms with Crippen molar-refractivity contribution in [3.8, 4) is 6.07 Å². The zero-order chi connectivity index (χ0) is 15.2. The van der Waals surface area contributed by atoms with Crippen molar-refractivity contribution in [3.05, 3.63) is 29.3 Å². The van der Waals surface area contributed by atoms with Crippen LogP contribution < -0.4 is 4.90 Å². The monoisotopic (exact) mass is 288 g/mol. The Bertz CT molecular complexity index is 543. The lowest BCUT2D eigenvalue weighted by molar-refractivity contribution is -0.138. The second kappa shape index (κ2) is 7.09. The third-order valence-electron chi connectivity index (χ3n) is 3.73. The number of hydrogen-bond donors (Lipinski definition) is 1. The van der Waals surface area contributed by atoms with Crippen LogP contribution in [0.1, 0.15) is 30.4 Å². The molecule has 0 unspecified atom stereocenters. The van der Waals surface area contributed by atoms with Gasteiger partial charge < -0.3 is 14.7 Å². The van der Waals surface area contributed by atoms with Crippen molar-refractivity contribution in [2.75, 3.05) is 24.6 Å². The number of carboxylic acids is 1. The zero-order valence-corrected chi connectivity index (χ0v) is 12.2. The molecule has 2 rings (SSSR count). The van der Waals surface area contributed by atoms with Crippen molar-refractivity contribution in [1.29, 1.82) is 5.26 Å². The highest BCUT2D eigenvalue weighted by molar-refractivity contribution is 5.66. The summed E-state index contributed by atoms with van der Waals surface area (Å²) in [6.07, 6.45) is 1.89. The number of benzene rings is 1. The van der Waals surface area contributed by atoms with E-state index in [-0.39, 0.29) is 19.1 Å². The number of aryl methyl sites for hydroxylation is 1. The average molecular weight is 288 g/mol. The molecule has 0 bridgehead atoms. The molecule has 0 atom stereocenters. The largest absolute Gasteiger partial charge is 0.481 e. The van der Waals surface area contributed by atoms with Crippen molar-refractivity contribution in [1.82, 2.24) is 0 Å². The maximum Gasteiger partial charge on any atom is 0.305 e. The maximum atomic E-state index is 10.5. The van der Waals surface area contributed by atoms with Gasteiger partial charge in [0.05, 0.1) is 30.4 Å². The van der Waals surface area contributed by atoms with Gasteiger partial charge in [-0.15, -0.1) is 0 Å². The molecular weight excluding hydrogens is 268 g/mol. The zero-order valence-electron chi connectivity index (χ0n) is 12.2. The van der Waals surface area contributed by atoms with Gasteiger partial charge in [0, 0.05) is 13.1 Å². The standard InChI is InChI=1S/C16H20N2O3/c1-12-2-3-13(11-17)15(10-12)18-7-4-14(5-8-18)21-9-6-16(19)20/h2-3,10,14H,4-9H2,1H3,(H,19,20). The molecule has 0 aliphatic carbocycles. The van der Waals surface area contributed by atoms with Crippen LogP contribution in [0.3, 0.4) is 0 Å². The van der Waals surface area contributed by atoms with Crippen LogP contribution in [0.4, 0.5) is 5.69 Å². The Balaban J connectivity index is 1.91. The topological polar surface area (TPSA) is 73.6 Å². The van der Waals surface area contributed by atoms with Gasteiger partial charge in [0.15, 0.2) is 0 Å². The summed E-state index contributed by atoms with van der Waals surface area (Å²) in [4.78, 5) is 12.7. The van der Waals surface area contributed by atoms with Crippen molar-refractivity contribution in [3.63, 3.8) is 0 Å². The van der Waals surface area contributed by atoms with Crippen LogP contribution in [-0.2, 0) is 9.53 Å². The van der Waals surface area contributed by atoms with Crippen LogP contribution in [0.25, 0.3) is 0 Å². The van der Waals surface area contributed by atoms with E-state index >= 15 is 0 Å². The summed E-state index contributed by atoms with van der Waals surface area (Å²) in [7, 11) is 0. The molecule has 5 nitrogen and oxygen atoms in total. The first-order chi connectivity index (χ1) is 10.1. The number of rotatable bonds is 5. The number of piperidine rings is 1. The Hall–Kier alpha value is -2.06. The van der Waals surface area contributed by atoms with Crippen molar-refractivity contribution >= 4 is 11.7 Å². The van der Waals surface area contributed by atoms with Gasteiger partial charge in [-0.05, 0) is 37.5 Å². The number of aliphatic carboxylic acids is 1. The molecular formula is C16H20N2O3. The van der Waals surface area contributed by atoms with Crippen LogP contribution in [-0.4, -0.2) is 36.9 Å². The predicted molar refractivity (Wildman–Crippen MR) is 79.3 cm³/mol. The van der Waals surface area contributed by atoms with Crippen LogP contribution >= 0.6 is 0 Å². The molecule has 0 amide bonds. The summed E-state index contributed by atoms with van der Waals surface area (Å²) in [5.41, 5.74) is 2.83. The highest BCUT2D eigenvalue weighted by Gasteiger charge is 2.21. The van der Waals surface area contributed by atoms with Gasteiger partial charge in [0.25, 0.3) is 0 Å². The highest BCUT2D eigenvalue weighted by atomic mass is 16.5. The molecule has 21 heavy (non-hydrogen) atoms. The SMILES string of the molecule is Cc1ccc(C#N)c(N2CCC(OCCC(=O)O)CC2)c1. The summed E-state index contributed by atoms with van der Waals surface area (Å²) in [5.74, 6) is -0.828. The fourth-order valence-corrected chi connectivity index (χ4v) is 2.57. The van der Waals surface area contributed by atoms with E-state index < -0.39 is 5.97 Å². The summed E-state index contributed by atoms with van der Waals surface area (Å²) in [6.45, 7) is 3.95. The van der Waals surface area contributed by atoms with E-state index in [2.05, 4.69) is 11.0 Å². The molecule has 1 saturated heterocycles. The van der Waals surface area contributed by atoms with Gasteiger partial charge in [0.1, 0.15) is 6.07 Å². The number of carboxylic acid groups (broad SMARTS) is 1. The lowest BCUT2D eigenvalue weighted by Crippen LogP contribution is -2.37. The van der Waals surface area contributed by atoms with Crippen molar-refractivity contribution in [2.24, 2.45) is 0 Å². The molecule has 0 saturated carbocycles. The Morgan fingerprint density at radius 3 is 2.81 bits per heavy atom. The van der Waals surface area contributed by atoms with Crippen molar-refractivity contribution < 1.29 is 14.6 Å². The molecule has 1 N–H and O–H groups in total. The molecule has 1 aliphatic rings. The normalized spacial score (nSPS) is 15.7. The Morgan fingerprint density at radius 1 is 1.48 bits per heavy atom. The molecule has 5 heteroatoms. The molecule has 1 heterocycles. The second-order valence-corrected chi connectivity index (χ2v) is 5.33. The smallest absolute Gasteiger partial charge is 0.305 e. The predicted octanol–water partition coefficient (Wildman–Crippen LogP) is 2.33. The number of anilines is 1. The lowest BCUT2D eigenvalue weighted by Gasteiger charge is -2.34. The van der Waals surface area contributed by atoms with E-state index in [1.165, 1.54) is 0 Å². The first kappa shape index (κ1) is 15.3. The minimum Gasteiger partial charge on any atom is -0.481 e. The molecule has 1 fully saturated rings. The van der Waals surface area contributed by atoms with Gasteiger partial charge in [-0.1, -0.05) is 6.07 Å². The van der Waals surface area contributed by atoms with Gasteiger partial charge in [0.2, 0.25) is 0 Å². The lowest BCUT2D eigenvalue weighted by atomic mass is 10.0. The first-order valence-electron chi connectivity index (χ1n) is 7.19. The summed E-state index contributed by atoms with van der Waals surface area (Å²) >= 11 is 0. The molecule has 112 valence electrons. The minimum absolute atomic E-state index is 0.0523. The Morgan fingerprint density at radius 2 is 2.19 bits per heavy atom. The van der Waals surface area contributed by atoms with Gasteiger partial charge in [-0.25, -0.2) is 0 Å². The fourth-order valence-electron chi connectivity index (χ4n) is 2.57. The third-order valence-corrected chi connectivity index (χ3v) is 3.73. The third kappa shape index (κ3) is 4.20. The van der Waals surface area contributed by atoms with E-state index in [0.717, 1.165) is 37.2 Å². The number of nitriles is 1. The summed E-state index contributed by atoms with van der Waals surface area (Å²) in [5, 5.41) is 17.8. The van der Waals surface area contributed by atoms with E-state index in [1.807, 2.05) is 25.1 Å². The van der Waals surface area contributed by atoms with E-state index in [0.29, 0.717) is 5.56 Å². The molecule has 1 aromatic rings. The van der Waals surface area contributed by atoms with Crippen LogP contribution in [0.15, 0.2) is 18.2 Å². The quantitative estimate of drug-likeness (QED) is 0.900. The first-order valence-corrected chi connectivity index (χ1v) is 7.19. The number of carbonyl (C=O) groups is 1. The van der Waals surface area contributed by atoms with Gasteiger partial charge in [-0.3, -0.25) is 4.79 Å². The van der Waals surface area contributed by atoms with Crippen LogP contribution in [0.2, 0.25) is 0 Å². The Labute approximate surface area is 124 Å². The number of ether oxygens (including phenoxy) is 1. The second-order valence-electron chi connectivity index (χ2n) is 5.33. The van der Waals surface area contributed by atoms with Gasteiger partial charge in [-0.2, -0.15) is 5.26 Å². The average Bonchev–Trinajstić information content (AvgIpc) is 2.47. The summed E-state index contributed by atoms with van der Waals surface area (Å²) < 4.78 is 5.59.